The minimum absolute atomic E-state index is 0.0829. The molecule has 2 amide bonds. The van der Waals surface area contributed by atoms with E-state index < -0.39 is 0 Å². The Morgan fingerprint density at radius 2 is 1.40 bits per heavy atom. The largest absolute Gasteiger partial charge is 0.335 e. The molecule has 0 aromatic heterocycles. The summed E-state index contributed by atoms with van der Waals surface area (Å²) in [5.74, 6) is 0. The fourth-order valence-electron chi connectivity index (χ4n) is 3.43. The lowest BCUT2D eigenvalue weighted by Crippen LogP contribution is -2.40. The van der Waals surface area contributed by atoms with Gasteiger partial charge in [0.25, 0.3) is 0 Å². The van der Waals surface area contributed by atoms with Gasteiger partial charge in [-0.15, -0.1) is 0 Å². The van der Waals surface area contributed by atoms with Crippen LogP contribution in [0.15, 0.2) is 30.5 Å². The van der Waals surface area contributed by atoms with Crippen LogP contribution < -0.4 is 10.6 Å². The SMILES string of the molecule is Cc1ccc(/C=C/NC(=O)NC2CCCCCCCCCCC2)cc1. The summed E-state index contributed by atoms with van der Waals surface area (Å²) in [5, 5.41) is 6.01. The Balaban J connectivity index is 1.74. The minimum atomic E-state index is -0.0829. The van der Waals surface area contributed by atoms with E-state index in [2.05, 4.69) is 41.8 Å². The molecule has 1 aromatic rings. The molecule has 3 heteroatoms. The van der Waals surface area contributed by atoms with Gasteiger partial charge in [-0.05, 0) is 31.4 Å². The standard InChI is InChI=1S/C22H34N2O/c1-19-13-15-20(16-14-19)17-18-23-22(25)24-21-11-9-7-5-3-2-4-6-8-10-12-21/h13-18,21H,2-12H2,1H3,(H2,23,24,25)/b18-17+. The number of nitrogens with one attached hydrogen (secondary N) is 2. The van der Waals surface area contributed by atoms with Crippen molar-refractivity contribution in [3.63, 3.8) is 0 Å². The Bertz CT molecular complexity index is 509. The van der Waals surface area contributed by atoms with Crippen molar-refractivity contribution in [1.29, 1.82) is 0 Å². The van der Waals surface area contributed by atoms with E-state index in [4.69, 9.17) is 0 Å². The number of carbonyl (C=O) groups excluding carboxylic acids is 1. The number of urea groups is 1. The van der Waals surface area contributed by atoms with Crippen LogP contribution in [0.25, 0.3) is 6.08 Å². The van der Waals surface area contributed by atoms with Crippen molar-refractivity contribution in [1.82, 2.24) is 10.6 Å². The molecule has 1 aliphatic rings. The van der Waals surface area contributed by atoms with Crippen LogP contribution in [0.5, 0.6) is 0 Å². The fourth-order valence-corrected chi connectivity index (χ4v) is 3.43. The van der Waals surface area contributed by atoms with Crippen molar-refractivity contribution >= 4 is 12.1 Å². The second-order valence-corrected chi connectivity index (χ2v) is 7.32. The van der Waals surface area contributed by atoms with Crippen LogP contribution in [0.1, 0.15) is 81.8 Å². The van der Waals surface area contributed by atoms with Crippen molar-refractivity contribution in [2.24, 2.45) is 0 Å². The zero-order valence-electron chi connectivity index (χ0n) is 15.7. The molecule has 2 N–H and O–H groups in total. The van der Waals surface area contributed by atoms with Gasteiger partial charge in [0.15, 0.2) is 0 Å². The van der Waals surface area contributed by atoms with Gasteiger partial charge in [0.1, 0.15) is 0 Å². The number of benzene rings is 1. The highest BCUT2D eigenvalue weighted by Crippen LogP contribution is 2.16. The lowest BCUT2D eigenvalue weighted by atomic mass is 9.98. The lowest BCUT2D eigenvalue weighted by molar-refractivity contribution is 0.238. The molecule has 138 valence electrons. The van der Waals surface area contributed by atoms with Gasteiger partial charge in [-0.25, -0.2) is 4.79 Å². The predicted octanol–water partition coefficient (Wildman–Crippen LogP) is 5.94. The summed E-state index contributed by atoms with van der Waals surface area (Å²) in [6.07, 6.45) is 17.8. The third kappa shape index (κ3) is 8.76. The molecule has 0 atom stereocenters. The first kappa shape index (κ1) is 19.6. The smallest absolute Gasteiger partial charge is 0.318 e. The third-order valence-electron chi connectivity index (χ3n) is 5.01. The second kappa shape index (κ2) is 11.7. The number of hydrogen-bond donors (Lipinski definition) is 2. The average molecular weight is 343 g/mol. The predicted molar refractivity (Wildman–Crippen MR) is 106 cm³/mol. The van der Waals surface area contributed by atoms with Crippen molar-refractivity contribution in [2.75, 3.05) is 0 Å². The molecule has 0 bridgehead atoms. The minimum Gasteiger partial charge on any atom is -0.335 e. The molecular formula is C22H34N2O. The van der Waals surface area contributed by atoms with E-state index in [1.807, 2.05) is 6.08 Å². The molecule has 1 aromatic carbocycles. The molecular weight excluding hydrogens is 308 g/mol. The monoisotopic (exact) mass is 342 g/mol. The normalized spacial score (nSPS) is 18.3. The maximum atomic E-state index is 12.2. The van der Waals surface area contributed by atoms with Crippen molar-refractivity contribution < 1.29 is 4.79 Å². The topological polar surface area (TPSA) is 41.1 Å². The van der Waals surface area contributed by atoms with Gasteiger partial charge in [-0.1, -0.05) is 87.6 Å². The Labute approximate surface area is 153 Å². The molecule has 0 spiro atoms. The summed E-state index contributed by atoms with van der Waals surface area (Å²) in [6, 6.07) is 8.49. The molecule has 0 unspecified atom stereocenters. The van der Waals surface area contributed by atoms with E-state index in [9.17, 15) is 4.79 Å². The van der Waals surface area contributed by atoms with Gasteiger partial charge in [-0.3, -0.25) is 0 Å². The Morgan fingerprint density at radius 3 is 1.96 bits per heavy atom. The van der Waals surface area contributed by atoms with Crippen LogP contribution in [0.2, 0.25) is 0 Å². The number of rotatable bonds is 3. The Morgan fingerprint density at radius 1 is 0.880 bits per heavy atom. The quantitative estimate of drug-likeness (QED) is 0.701. The number of aryl methyl sites for hydroxylation is 1. The highest BCUT2D eigenvalue weighted by molar-refractivity contribution is 5.76. The molecule has 0 aliphatic heterocycles. The second-order valence-electron chi connectivity index (χ2n) is 7.32. The summed E-state index contributed by atoms with van der Waals surface area (Å²) in [4.78, 5) is 12.2. The molecule has 0 radical (unpaired) electrons. The van der Waals surface area contributed by atoms with Gasteiger partial charge in [-0.2, -0.15) is 0 Å². The molecule has 3 nitrogen and oxygen atoms in total. The molecule has 25 heavy (non-hydrogen) atoms. The van der Waals surface area contributed by atoms with E-state index in [1.54, 1.807) is 6.20 Å². The highest BCUT2D eigenvalue weighted by Gasteiger charge is 2.11. The summed E-state index contributed by atoms with van der Waals surface area (Å²) < 4.78 is 0. The van der Waals surface area contributed by atoms with E-state index in [-0.39, 0.29) is 6.03 Å². The van der Waals surface area contributed by atoms with Gasteiger partial charge in [0, 0.05) is 12.2 Å². The van der Waals surface area contributed by atoms with Crippen LogP contribution in [0.4, 0.5) is 4.79 Å². The van der Waals surface area contributed by atoms with Crippen molar-refractivity contribution in [3.8, 4) is 0 Å². The number of amides is 2. The van der Waals surface area contributed by atoms with Crippen LogP contribution in [0.3, 0.4) is 0 Å². The lowest BCUT2D eigenvalue weighted by Gasteiger charge is -2.19. The molecule has 1 saturated carbocycles. The number of hydrogen-bond acceptors (Lipinski definition) is 1. The van der Waals surface area contributed by atoms with E-state index in [0.717, 1.165) is 18.4 Å². The van der Waals surface area contributed by atoms with Crippen LogP contribution in [0, 0.1) is 6.92 Å². The summed E-state index contributed by atoms with van der Waals surface area (Å²) >= 11 is 0. The van der Waals surface area contributed by atoms with Gasteiger partial charge in [0.05, 0.1) is 0 Å². The van der Waals surface area contributed by atoms with E-state index >= 15 is 0 Å². The molecule has 1 aliphatic carbocycles. The first-order chi connectivity index (χ1) is 12.2. The van der Waals surface area contributed by atoms with Crippen LogP contribution in [-0.4, -0.2) is 12.1 Å². The van der Waals surface area contributed by atoms with E-state index in [1.165, 1.54) is 63.4 Å². The van der Waals surface area contributed by atoms with Crippen molar-refractivity contribution in [3.05, 3.63) is 41.6 Å². The highest BCUT2D eigenvalue weighted by atomic mass is 16.2. The third-order valence-corrected chi connectivity index (χ3v) is 5.01. The van der Waals surface area contributed by atoms with Crippen LogP contribution in [-0.2, 0) is 0 Å². The average Bonchev–Trinajstić information content (AvgIpc) is 2.59. The van der Waals surface area contributed by atoms with Gasteiger partial charge in [0.2, 0.25) is 0 Å². The molecule has 2 rings (SSSR count). The number of carbonyl (C=O) groups is 1. The van der Waals surface area contributed by atoms with Crippen molar-refractivity contribution in [2.45, 2.75) is 83.6 Å². The zero-order chi connectivity index (χ0) is 17.7. The summed E-state index contributed by atoms with van der Waals surface area (Å²) in [6.45, 7) is 2.07. The maximum Gasteiger partial charge on any atom is 0.318 e. The van der Waals surface area contributed by atoms with Gasteiger partial charge >= 0.3 is 6.03 Å². The zero-order valence-corrected chi connectivity index (χ0v) is 15.7. The van der Waals surface area contributed by atoms with Crippen LogP contribution >= 0.6 is 0 Å². The molecule has 0 saturated heterocycles. The Kier molecular flexibility index (Phi) is 9.17. The molecule has 0 heterocycles. The van der Waals surface area contributed by atoms with Gasteiger partial charge < -0.3 is 10.6 Å². The summed E-state index contributed by atoms with van der Waals surface area (Å²) in [7, 11) is 0. The summed E-state index contributed by atoms with van der Waals surface area (Å²) in [5.41, 5.74) is 2.34. The Hall–Kier alpha value is -1.77. The molecule has 1 fully saturated rings. The maximum absolute atomic E-state index is 12.2. The first-order valence-corrected chi connectivity index (χ1v) is 10.0. The fraction of sp³-hybridized carbons (Fsp3) is 0.591. The first-order valence-electron chi connectivity index (χ1n) is 10.0. The van der Waals surface area contributed by atoms with E-state index in [0.29, 0.717) is 6.04 Å².